The molecule has 7 nitrogen and oxygen atoms in total. The number of nitrogens with zero attached hydrogens (tertiary/aromatic N) is 2. The Labute approximate surface area is 170 Å². The van der Waals surface area contributed by atoms with Crippen molar-refractivity contribution >= 4 is 17.9 Å². The third-order valence-corrected chi connectivity index (χ3v) is 5.56. The third-order valence-electron chi connectivity index (χ3n) is 5.56. The Morgan fingerprint density at radius 3 is 2.62 bits per heavy atom. The van der Waals surface area contributed by atoms with Gasteiger partial charge in [0.25, 0.3) is 0 Å². The minimum absolute atomic E-state index is 0.00539. The van der Waals surface area contributed by atoms with E-state index in [1.54, 1.807) is 34.9 Å². The molecule has 3 rings (SSSR count). The minimum Gasteiger partial charge on any atom is -0.450 e. The number of carbonyl (C=O) groups is 3. The predicted octanol–water partition coefficient (Wildman–Crippen LogP) is 2.30. The van der Waals surface area contributed by atoms with E-state index in [1.807, 2.05) is 0 Å². The molecule has 2 heterocycles. The number of halogens is 1. The van der Waals surface area contributed by atoms with E-state index >= 15 is 0 Å². The van der Waals surface area contributed by atoms with Crippen molar-refractivity contribution in [2.45, 2.75) is 45.2 Å². The number of amides is 3. The molecule has 0 spiro atoms. The number of hydrogen-bond acceptors (Lipinski definition) is 4. The topological polar surface area (TPSA) is 79.0 Å². The largest absolute Gasteiger partial charge is 0.450 e. The van der Waals surface area contributed by atoms with Crippen LogP contribution in [0.1, 0.15) is 38.2 Å². The maximum atomic E-state index is 13.9. The van der Waals surface area contributed by atoms with Gasteiger partial charge >= 0.3 is 6.09 Å². The molecule has 2 aliphatic heterocycles. The van der Waals surface area contributed by atoms with Crippen molar-refractivity contribution in [2.75, 3.05) is 26.2 Å². The minimum atomic E-state index is -0.347. The highest BCUT2D eigenvalue weighted by Crippen LogP contribution is 2.22. The summed E-state index contributed by atoms with van der Waals surface area (Å²) in [5.74, 6) is -0.784. The van der Waals surface area contributed by atoms with Crippen LogP contribution in [-0.2, 0) is 20.9 Å². The van der Waals surface area contributed by atoms with Crippen LogP contribution in [0.3, 0.4) is 0 Å². The lowest BCUT2D eigenvalue weighted by Gasteiger charge is -2.35. The molecule has 1 N–H and O–H groups in total. The average molecular weight is 405 g/mol. The van der Waals surface area contributed by atoms with Crippen LogP contribution in [-0.4, -0.2) is 60.0 Å². The summed E-state index contributed by atoms with van der Waals surface area (Å²) in [5, 5.41) is 3.06. The van der Waals surface area contributed by atoms with E-state index in [4.69, 9.17) is 4.74 Å². The summed E-state index contributed by atoms with van der Waals surface area (Å²) in [6, 6.07) is 6.38. The number of nitrogens with one attached hydrogen (secondary N) is 1. The Morgan fingerprint density at radius 2 is 1.93 bits per heavy atom. The highest BCUT2D eigenvalue weighted by Gasteiger charge is 2.32. The maximum Gasteiger partial charge on any atom is 0.409 e. The fraction of sp³-hybridized carbons (Fsp3) is 0.571. The molecule has 0 radical (unpaired) electrons. The molecule has 0 saturated carbocycles. The third kappa shape index (κ3) is 5.46. The van der Waals surface area contributed by atoms with E-state index < -0.39 is 0 Å². The van der Waals surface area contributed by atoms with Crippen molar-refractivity contribution in [1.29, 1.82) is 0 Å². The monoisotopic (exact) mass is 405 g/mol. The molecule has 2 fully saturated rings. The smallest absolute Gasteiger partial charge is 0.409 e. The quantitative estimate of drug-likeness (QED) is 0.815. The predicted molar refractivity (Wildman–Crippen MR) is 104 cm³/mol. The summed E-state index contributed by atoms with van der Waals surface area (Å²) in [6.07, 6.45) is 1.82. The van der Waals surface area contributed by atoms with Gasteiger partial charge in [-0.2, -0.15) is 0 Å². The molecule has 1 aromatic rings. The van der Waals surface area contributed by atoms with Crippen molar-refractivity contribution in [3.63, 3.8) is 0 Å². The van der Waals surface area contributed by atoms with Gasteiger partial charge in [0, 0.05) is 44.2 Å². The number of likely N-dealkylation sites (tertiary alicyclic amines) is 2. The van der Waals surface area contributed by atoms with Gasteiger partial charge in [-0.1, -0.05) is 18.2 Å². The van der Waals surface area contributed by atoms with E-state index in [1.165, 1.54) is 6.07 Å². The zero-order chi connectivity index (χ0) is 20.8. The summed E-state index contributed by atoms with van der Waals surface area (Å²) in [7, 11) is 0. The van der Waals surface area contributed by atoms with Gasteiger partial charge in [0.15, 0.2) is 0 Å². The fourth-order valence-electron chi connectivity index (χ4n) is 3.85. The molecule has 1 aromatic carbocycles. The van der Waals surface area contributed by atoms with Crippen LogP contribution in [0.25, 0.3) is 0 Å². The van der Waals surface area contributed by atoms with Crippen molar-refractivity contribution in [3.05, 3.63) is 35.6 Å². The molecule has 29 heavy (non-hydrogen) atoms. The van der Waals surface area contributed by atoms with Crippen LogP contribution >= 0.6 is 0 Å². The average Bonchev–Trinajstić information content (AvgIpc) is 2.72. The van der Waals surface area contributed by atoms with Crippen LogP contribution in [0.15, 0.2) is 24.3 Å². The molecule has 0 aliphatic carbocycles. The number of piperidine rings is 2. The van der Waals surface area contributed by atoms with E-state index in [2.05, 4.69) is 5.32 Å². The van der Waals surface area contributed by atoms with Crippen molar-refractivity contribution in [1.82, 2.24) is 15.1 Å². The summed E-state index contributed by atoms with van der Waals surface area (Å²) in [6.45, 7) is 3.68. The van der Waals surface area contributed by atoms with E-state index in [0.29, 0.717) is 51.1 Å². The molecule has 1 atom stereocenters. The first-order valence-corrected chi connectivity index (χ1v) is 10.2. The Balaban J connectivity index is 1.50. The molecule has 1 unspecified atom stereocenters. The second kappa shape index (κ2) is 9.71. The Kier molecular flexibility index (Phi) is 7.06. The molecular weight excluding hydrogens is 377 g/mol. The summed E-state index contributed by atoms with van der Waals surface area (Å²) < 4.78 is 18.9. The van der Waals surface area contributed by atoms with Gasteiger partial charge in [-0.25, -0.2) is 9.18 Å². The lowest BCUT2D eigenvalue weighted by atomic mass is 9.95. The molecule has 8 heteroatoms. The highest BCUT2D eigenvalue weighted by molar-refractivity contribution is 5.84. The molecule has 0 bridgehead atoms. The maximum absolute atomic E-state index is 13.9. The second-order valence-electron chi connectivity index (χ2n) is 7.57. The van der Waals surface area contributed by atoms with Crippen LogP contribution in [0.5, 0.6) is 0 Å². The SMILES string of the molecule is CCOC(=O)N1CCC(NC(=O)C2CCC(=O)N(Cc3ccccc3F)C2)CC1. The summed E-state index contributed by atoms with van der Waals surface area (Å²) >= 11 is 0. The molecule has 2 saturated heterocycles. The van der Waals surface area contributed by atoms with Gasteiger partial charge in [0.05, 0.1) is 12.5 Å². The zero-order valence-electron chi connectivity index (χ0n) is 16.7. The van der Waals surface area contributed by atoms with E-state index in [-0.39, 0.29) is 48.7 Å². The van der Waals surface area contributed by atoms with Crippen LogP contribution < -0.4 is 5.32 Å². The number of benzene rings is 1. The van der Waals surface area contributed by atoms with Crippen LogP contribution in [0, 0.1) is 11.7 Å². The summed E-state index contributed by atoms with van der Waals surface area (Å²) in [4.78, 5) is 40.0. The lowest BCUT2D eigenvalue weighted by molar-refractivity contribution is -0.139. The molecule has 2 aliphatic rings. The normalized spacial score (nSPS) is 20.5. The molecule has 3 amide bonds. The van der Waals surface area contributed by atoms with Crippen LogP contribution in [0.2, 0.25) is 0 Å². The van der Waals surface area contributed by atoms with Crippen LogP contribution in [0.4, 0.5) is 9.18 Å². The molecule has 158 valence electrons. The van der Waals surface area contributed by atoms with Gasteiger partial charge in [-0.05, 0) is 32.3 Å². The summed E-state index contributed by atoms with van der Waals surface area (Å²) in [5.41, 5.74) is 0.452. The lowest BCUT2D eigenvalue weighted by Crippen LogP contribution is -2.51. The number of hydrogen-bond donors (Lipinski definition) is 1. The van der Waals surface area contributed by atoms with Gasteiger partial charge in [-0.3, -0.25) is 9.59 Å². The number of carbonyl (C=O) groups excluding carboxylic acids is 3. The second-order valence-corrected chi connectivity index (χ2v) is 7.57. The zero-order valence-corrected chi connectivity index (χ0v) is 16.7. The molecule has 0 aromatic heterocycles. The number of ether oxygens (including phenoxy) is 1. The van der Waals surface area contributed by atoms with Crippen molar-refractivity contribution in [2.24, 2.45) is 5.92 Å². The van der Waals surface area contributed by atoms with Crippen molar-refractivity contribution in [3.8, 4) is 0 Å². The first-order valence-electron chi connectivity index (χ1n) is 10.2. The highest BCUT2D eigenvalue weighted by atomic mass is 19.1. The van der Waals surface area contributed by atoms with Gasteiger partial charge < -0.3 is 19.9 Å². The first-order chi connectivity index (χ1) is 14.0. The van der Waals surface area contributed by atoms with Gasteiger partial charge in [-0.15, -0.1) is 0 Å². The van der Waals surface area contributed by atoms with Crippen molar-refractivity contribution < 1.29 is 23.5 Å². The van der Waals surface area contributed by atoms with Gasteiger partial charge in [0.1, 0.15) is 5.82 Å². The first kappa shape index (κ1) is 21.1. The van der Waals surface area contributed by atoms with E-state index in [9.17, 15) is 18.8 Å². The van der Waals surface area contributed by atoms with E-state index in [0.717, 1.165) is 0 Å². The fourth-order valence-corrected chi connectivity index (χ4v) is 3.85. The standard InChI is InChI=1S/C21H28FN3O4/c1-2-29-21(28)24-11-9-17(10-12-24)23-20(27)16-7-8-19(26)25(14-16)13-15-5-3-4-6-18(15)22/h3-6,16-17H,2,7-14H2,1H3,(H,23,27). The Bertz CT molecular complexity index is 749. The Hall–Kier alpha value is -2.64. The van der Waals surface area contributed by atoms with Gasteiger partial charge in [0.2, 0.25) is 11.8 Å². The Morgan fingerprint density at radius 1 is 1.21 bits per heavy atom. The number of rotatable bonds is 5. The molecular formula is C21H28FN3O4.